The molecule has 0 bridgehead atoms. The van der Waals surface area contributed by atoms with Crippen LogP contribution in [0.15, 0.2) is 0 Å². The van der Waals surface area contributed by atoms with Crippen LogP contribution < -0.4 is 0 Å². The smallest absolute Gasteiger partial charge is 0.310 e. The Morgan fingerprint density at radius 2 is 1.80 bits per heavy atom. The maximum absolute atomic E-state index is 10.8. The Bertz CT molecular complexity index is 243. The van der Waals surface area contributed by atoms with E-state index in [-0.39, 0.29) is 6.42 Å². The standard InChI is InChI=1S/C9H14O6/c1-3-6(9(13)14)7(4-8(11)12)15-5(2)10/h6-7H,3-4H2,1-2H3,(H,11,12)(H,13,14)/t6?,7-/m1/s1. The van der Waals surface area contributed by atoms with E-state index in [4.69, 9.17) is 10.2 Å². The fraction of sp³-hybridized carbons (Fsp3) is 0.667. The number of carbonyl (C=O) groups is 3. The van der Waals surface area contributed by atoms with E-state index in [1.807, 2.05) is 0 Å². The van der Waals surface area contributed by atoms with Gasteiger partial charge < -0.3 is 14.9 Å². The summed E-state index contributed by atoms with van der Waals surface area (Å²) in [7, 11) is 0. The van der Waals surface area contributed by atoms with E-state index < -0.39 is 36.4 Å². The normalized spacial score (nSPS) is 14.0. The summed E-state index contributed by atoms with van der Waals surface area (Å²) in [6, 6.07) is 0. The van der Waals surface area contributed by atoms with Gasteiger partial charge >= 0.3 is 17.9 Å². The van der Waals surface area contributed by atoms with Crippen LogP contribution in [0.5, 0.6) is 0 Å². The lowest BCUT2D eigenvalue weighted by Crippen LogP contribution is -2.33. The molecule has 0 rings (SSSR count). The lowest BCUT2D eigenvalue weighted by Gasteiger charge is -2.20. The SMILES string of the molecule is CCC(C(=O)O)[C@@H](CC(=O)O)OC(C)=O. The number of hydrogen-bond acceptors (Lipinski definition) is 4. The zero-order chi connectivity index (χ0) is 12.0. The summed E-state index contributed by atoms with van der Waals surface area (Å²) in [5.41, 5.74) is 0. The van der Waals surface area contributed by atoms with E-state index in [1.54, 1.807) is 6.92 Å². The van der Waals surface area contributed by atoms with Crippen LogP contribution in [-0.2, 0) is 19.1 Å². The Morgan fingerprint density at radius 3 is 2.07 bits per heavy atom. The Hall–Kier alpha value is -1.59. The predicted molar refractivity (Wildman–Crippen MR) is 49.2 cm³/mol. The Kier molecular flexibility index (Phi) is 5.36. The number of hydrogen-bond donors (Lipinski definition) is 2. The highest BCUT2D eigenvalue weighted by Crippen LogP contribution is 2.16. The Morgan fingerprint density at radius 1 is 1.27 bits per heavy atom. The lowest BCUT2D eigenvalue weighted by molar-refractivity contribution is -0.160. The molecule has 2 atom stereocenters. The van der Waals surface area contributed by atoms with Gasteiger partial charge in [0.05, 0.1) is 12.3 Å². The van der Waals surface area contributed by atoms with Gasteiger partial charge in [-0.15, -0.1) is 0 Å². The van der Waals surface area contributed by atoms with Gasteiger partial charge in [-0.25, -0.2) is 0 Å². The van der Waals surface area contributed by atoms with Gasteiger partial charge in [0.1, 0.15) is 6.10 Å². The highest BCUT2D eigenvalue weighted by atomic mass is 16.5. The van der Waals surface area contributed by atoms with Crippen molar-refractivity contribution in [1.29, 1.82) is 0 Å². The highest BCUT2D eigenvalue weighted by Gasteiger charge is 2.30. The minimum atomic E-state index is -1.19. The molecule has 2 N–H and O–H groups in total. The number of ether oxygens (including phenoxy) is 1. The second-order valence-electron chi connectivity index (χ2n) is 3.10. The fourth-order valence-corrected chi connectivity index (χ4v) is 1.25. The highest BCUT2D eigenvalue weighted by molar-refractivity contribution is 5.75. The number of carboxylic acids is 2. The summed E-state index contributed by atoms with van der Waals surface area (Å²) in [4.78, 5) is 31.9. The van der Waals surface area contributed by atoms with Crippen LogP contribution in [0, 0.1) is 5.92 Å². The van der Waals surface area contributed by atoms with Gasteiger partial charge in [-0.05, 0) is 6.42 Å². The van der Waals surface area contributed by atoms with E-state index in [0.29, 0.717) is 0 Å². The molecule has 0 heterocycles. The molecule has 6 heteroatoms. The number of carbonyl (C=O) groups excluding carboxylic acids is 1. The zero-order valence-corrected chi connectivity index (χ0v) is 8.60. The first-order valence-corrected chi connectivity index (χ1v) is 4.50. The zero-order valence-electron chi connectivity index (χ0n) is 8.60. The van der Waals surface area contributed by atoms with E-state index in [2.05, 4.69) is 4.74 Å². The Balaban J connectivity index is 4.64. The number of esters is 1. The van der Waals surface area contributed by atoms with Crippen molar-refractivity contribution in [2.24, 2.45) is 5.92 Å². The predicted octanol–water partition coefficient (Wildman–Crippen LogP) is 0.504. The lowest BCUT2D eigenvalue weighted by atomic mass is 9.97. The van der Waals surface area contributed by atoms with Crippen LogP contribution >= 0.6 is 0 Å². The van der Waals surface area contributed by atoms with Crippen molar-refractivity contribution in [2.75, 3.05) is 0 Å². The number of aliphatic carboxylic acids is 2. The molecular formula is C9H14O6. The summed E-state index contributed by atoms with van der Waals surface area (Å²) in [5, 5.41) is 17.3. The third-order valence-electron chi connectivity index (χ3n) is 1.90. The van der Waals surface area contributed by atoms with Crippen LogP contribution in [0.25, 0.3) is 0 Å². The monoisotopic (exact) mass is 218 g/mol. The molecule has 0 aliphatic carbocycles. The molecule has 6 nitrogen and oxygen atoms in total. The molecule has 0 aliphatic rings. The van der Waals surface area contributed by atoms with Crippen molar-refractivity contribution >= 4 is 17.9 Å². The topological polar surface area (TPSA) is 101 Å². The molecular weight excluding hydrogens is 204 g/mol. The van der Waals surface area contributed by atoms with Crippen molar-refractivity contribution in [2.45, 2.75) is 32.8 Å². The molecule has 0 saturated heterocycles. The molecule has 0 fully saturated rings. The van der Waals surface area contributed by atoms with E-state index in [1.165, 1.54) is 0 Å². The summed E-state index contributed by atoms with van der Waals surface area (Å²) in [6.07, 6.45) is -1.40. The second-order valence-corrected chi connectivity index (χ2v) is 3.10. The molecule has 0 spiro atoms. The van der Waals surface area contributed by atoms with Crippen molar-refractivity contribution in [3.8, 4) is 0 Å². The summed E-state index contributed by atoms with van der Waals surface area (Å²) < 4.78 is 4.67. The first-order valence-electron chi connectivity index (χ1n) is 4.50. The average molecular weight is 218 g/mol. The van der Waals surface area contributed by atoms with Crippen molar-refractivity contribution in [3.05, 3.63) is 0 Å². The molecule has 86 valence electrons. The maximum atomic E-state index is 10.8. The summed E-state index contributed by atoms with van der Waals surface area (Å²) in [6.45, 7) is 2.71. The average Bonchev–Trinajstić information content (AvgIpc) is 2.01. The second kappa shape index (κ2) is 6.00. The Labute approximate surface area is 86.8 Å². The molecule has 0 aliphatic heterocycles. The molecule has 15 heavy (non-hydrogen) atoms. The fourth-order valence-electron chi connectivity index (χ4n) is 1.25. The van der Waals surface area contributed by atoms with Crippen LogP contribution in [0.3, 0.4) is 0 Å². The van der Waals surface area contributed by atoms with Crippen molar-refractivity contribution < 1.29 is 29.3 Å². The van der Waals surface area contributed by atoms with Gasteiger partial charge in [-0.1, -0.05) is 6.92 Å². The largest absolute Gasteiger partial charge is 0.481 e. The molecule has 0 aromatic rings. The van der Waals surface area contributed by atoms with E-state index in [9.17, 15) is 14.4 Å². The first kappa shape index (κ1) is 13.4. The first-order chi connectivity index (χ1) is 6.88. The minimum Gasteiger partial charge on any atom is -0.481 e. The van der Waals surface area contributed by atoms with Crippen LogP contribution in [-0.4, -0.2) is 34.2 Å². The van der Waals surface area contributed by atoms with Gasteiger partial charge in [0, 0.05) is 6.92 Å². The summed E-state index contributed by atoms with van der Waals surface area (Å²) >= 11 is 0. The third kappa shape index (κ3) is 4.99. The van der Waals surface area contributed by atoms with Gasteiger partial charge in [-0.3, -0.25) is 14.4 Å². The van der Waals surface area contributed by atoms with E-state index >= 15 is 0 Å². The molecule has 0 aromatic carbocycles. The van der Waals surface area contributed by atoms with Gasteiger partial charge in [0.15, 0.2) is 0 Å². The third-order valence-corrected chi connectivity index (χ3v) is 1.90. The summed E-state index contributed by atoms with van der Waals surface area (Å²) in [5.74, 6) is -4.02. The molecule has 0 radical (unpaired) electrons. The minimum absolute atomic E-state index is 0.209. The molecule has 0 saturated carbocycles. The number of rotatable bonds is 6. The molecule has 0 aromatic heterocycles. The molecule has 0 amide bonds. The molecule has 1 unspecified atom stereocenters. The van der Waals surface area contributed by atoms with Gasteiger partial charge in [-0.2, -0.15) is 0 Å². The number of carboxylic acid groups (broad SMARTS) is 2. The van der Waals surface area contributed by atoms with Gasteiger partial charge in [0.25, 0.3) is 0 Å². The maximum Gasteiger partial charge on any atom is 0.310 e. The van der Waals surface area contributed by atoms with Crippen molar-refractivity contribution in [3.63, 3.8) is 0 Å². The van der Waals surface area contributed by atoms with Crippen LogP contribution in [0.2, 0.25) is 0 Å². The quantitative estimate of drug-likeness (QED) is 0.629. The van der Waals surface area contributed by atoms with E-state index in [0.717, 1.165) is 6.92 Å². The van der Waals surface area contributed by atoms with Crippen LogP contribution in [0.1, 0.15) is 26.7 Å². The van der Waals surface area contributed by atoms with Gasteiger partial charge in [0.2, 0.25) is 0 Å². The van der Waals surface area contributed by atoms with Crippen molar-refractivity contribution in [1.82, 2.24) is 0 Å². The van der Waals surface area contributed by atoms with Crippen LogP contribution in [0.4, 0.5) is 0 Å².